The van der Waals surface area contributed by atoms with Crippen molar-refractivity contribution in [3.8, 4) is 0 Å². The summed E-state index contributed by atoms with van der Waals surface area (Å²) in [7, 11) is 0. The van der Waals surface area contributed by atoms with E-state index in [0.717, 1.165) is 0 Å². The molecule has 5 heteroatoms. The van der Waals surface area contributed by atoms with Crippen LogP contribution in [0.3, 0.4) is 0 Å². The Hall–Kier alpha value is -1.49. The van der Waals surface area contributed by atoms with E-state index < -0.39 is 5.82 Å². The van der Waals surface area contributed by atoms with Gasteiger partial charge in [0.25, 0.3) is 0 Å². The fraction of sp³-hybridized carbons (Fsp3) is 0.200. The molecule has 0 heterocycles. The van der Waals surface area contributed by atoms with Crippen LogP contribution in [0.4, 0.5) is 8.78 Å². The van der Waals surface area contributed by atoms with E-state index in [4.69, 9.17) is 17.4 Å². The van der Waals surface area contributed by atoms with E-state index in [-0.39, 0.29) is 16.9 Å². The SMILES string of the molecule is NNC(Cc1ccccc1F)Cc1cccc(F)c1Cl. The lowest BCUT2D eigenvalue weighted by Gasteiger charge is -2.17. The molecular formula is C15H15ClF2N2. The molecule has 2 rings (SSSR count). The van der Waals surface area contributed by atoms with Crippen molar-refractivity contribution in [1.29, 1.82) is 0 Å². The van der Waals surface area contributed by atoms with Gasteiger partial charge in [0.15, 0.2) is 0 Å². The Labute approximate surface area is 121 Å². The number of nitrogens with one attached hydrogen (secondary N) is 1. The summed E-state index contributed by atoms with van der Waals surface area (Å²) < 4.78 is 27.0. The van der Waals surface area contributed by atoms with Crippen molar-refractivity contribution >= 4 is 11.6 Å². The second-order valence-electron chi connectivity index (χ2n) is 4.58. The summed E-state index contributed by atoms with van der Waals surface area (Å²) in [6, 6.07) is 10.9. The van der Waals surface area contributed by atoms with Gasteiger partial charge >= 0.3 is 0 Å². The third-order valence-corrected chi connectivity index (χ3v) is 3.58. The molecule has 0 bridgehead atoms. The fourth-order valence-electron chi connectivity index (χ4n) is 2.09. The average Bonchev–Trinajstić information content (AvgIpc) is 2.45. The van der Waals surface area contributed by atoms with Crippen LogP contribution >= 0.6 is 11.6 Å². The molecule has 0 amide bonds. The lowest BCUT2D eigenvalue weighted by Crippen LogP contribution is -2.38. The number of benzene rings is 2. The van der Waals surface area contributed by atoms with E-state index in [2.05, 4.69) is 5.43 Å². The summed E-state index contributed by atoms with van der Waals surface area (Å²) in [5, 5.41) is 0.0845. The first-order valence-electron chi connectivity index (χ1n) is 6.24. The van der Waals surface area contributed by atoms with Gasteiger partial charge in [-0.15, -0.1) is 0 Å². The third-order valence-electron chi connectivity index (χ3n) is 3.16. The summed E-state index contributed by atoms with van der Waals surface area (Å²) >= 11 is 5.91. The molecule has 0 aliphatic rings. The smallest absolute Gasteiger partial charge is 0.142 e. The molecule has 1 unspecified atom stereocenters. The quantitative estimate of drug-likeness (QED) is 0.657. The van der Waals surface area contributed by atoms with Gasteiger partial charge in [-0.05, 0) is 36.1 Å². The minimum absolute atomic E-state index is 0.0845. The van der Waals surface area contributed by atoms with Crippen molar-refractivity contribution in [3.05, 3.63) is 70.2 Å². The maximum Gasteiger partial charge on any atom is 0.142 e. The van der Waals surface area contributed by atoms with Gasteiger partial charge in [0.05, 0.1) is 5.02 Å². The zero-order valence-electron chi connectivity index (χ0n) is 10.7. The Bertz CT molecular complexity index is 590. The van der Waals surface area contributed by atoms with Crippen molar-refractivity contribution < 1.29 is 8.78 Å². The summed E-state index contributed by atoms with van der Waals surface area (Å²) in [5.74, 6) is 4.75. The molecule has 2 nitrogen and oxygen atoms in total. The molecule has 3 N–H and O–H groups in total. The standard InChI is InChI=1S/C15H15ClF2N2/c16-15-11(5-3-7-14(15)18)9-12(20-19)8-10-4-1-2-6-13(10)17/h1-7,12,20H,8-9,19H2. The molecule has 0 aliphatic carbocycles. The predicted molar refractivity (Wildman–Crippen MR) is 76.3 cm³/mol. The second kappa shape index (κ2) is 6.79. The molecule has 0 aliphatic heterocycles. The van der Waals surface area contributed by atoms with Gasteiger partial charge in [-0.1, -0.05) is 41.9 Å². The van der Waals surface area contributed by atoms with Crippen LogP contribution in [0, 0.1) is 11.6 Å². The lowest BCUT2D eigenvalue weighted by atomic mass is 9.99. The van der Waals surface area contributed by atoms with Crippen molar-refractivity contribution in [2.24, 2.45) is 5.84 Å². The summed E-state index contributed by atoms with van der Waals surface area (Å²) in [6.45, 7) is 0. The Balaban J connectivity index is 2.14. The van der Waals surface area contributed by atoms with Crippen molar-refractivity contribution in [2.75, 3.05) is 0 Å². The molecule has 0 saturated carbocycles. The minimum atomic E-state index is -0.467. The Kier molecular flexibility index (Phi) is 5.06. The Morgan fingerprint density at radius 2 is 1.55 bits per heavy atom. The van der Waals surface area contributed by atoms with Crippen LogP contribution in [-0.4, -0.2) is 6.04 Å². The molecule has 0 spiro atoms. The van der Waals surface area contributed by atoms with Crippen LogP contribution in [-0.2, 0) is 12.8 Å². The van der Waals surface area contributed by atoms with Gasteiger partial charge in [0.2, 0.25) is 0 Å². The molecule has 0 aromatic heterocycles. The molecule has 0 saturated heterocycles. The highest BCUT2D eigenvalue weighted by Crippen LogP contribution is 2.22. The number of hydrogen-bond donors (Lipinski definition) is 2. The molecule has 0 fully saturated rings. The Morgan fingerprint density at radius 1 is 0.950 bits per heavy atom. The molecular weight excluding hydrogens is 282 g/mol. The van der Waals surface area contributed by atoms with Gasteiger partial charge in [-0.2, -0.15) is 0 Å². The zero-order chi connectivity index (χ0) is 14.5. The highest BCUT2D eigenvalue weighted by atomic mass is 35.5. The number of hydrogen-bond acceptors (Lipinski definition) is 2. The number of halogens is 3. The first-order chi connectivity index (χ1) is 9.61. The monoisotopic (exact) mass is 296 g/mol. The van der Waals surface area contributed by atoms with Crippen LogP contribution in [0.15, 0.2) is 42.5 Å². The van der Waals surface area contributed by atoms with Crippen LogP contribution < -0.4 is 11.3 Å². The number of rotatable bonds is 5. The first-order valence-corrected chi connectivity index (χ1v) is 6.62. The van der Waals surface area contributed by atoms with E-state index in [9.17, 15) is 8.78 Å². The minimum Gasteiger partial charge on any atom is -0.271 e. The summed E-state index contributed by atoms with van der Waals surface area (Å²) in [4.78, 5) is 0. The Morgan fingerprint density at radius 3 is 2.25 bits per heavy atom. The second-order valence-corrected chi connectivity index (χ2v) is 4.95. The molecule has 20 heavy (non-hydrogen) atoms. The molecule has 2 aromatic rings. The van der Waals surface area contributed by atoms with Crippen molar-refractivity contribution in [1.82, 2.24) is 5.43 Å². The van der Waals surface area contributed by atoms with Crippen molar-refractivity contribution in [2.45, 2.75) is 18.9 Å². The summed E-state index contributed by atoms with van der Waals surface area (Å²) in [5.41, 5.74) is 3.83. The number of nitrogens with two attached hydrogens (primary N) is 1. The molecule has 1 atom stereocenters. The summed E-state index contributed by atoms with van der Waals surface area (Å²) in [6.07, 6.45) is 0.817. The third kappa shape index (κ3) is 3.54. The normalized spacial score (nSPS) is 12.4. The number of hydrazine groups is 1. The van der Waals surface area contributed by atoms with E-state index in [0.29, 0.717) is 24.0 Å². The van der Waals surface area contributed by atoms with Gasteiger partial charge in [-0.25, -0.2) is 8.78 Å². The van der Waals surface area contributed by atoms with Gasteiger partial charge in [-0.3, -0.25) is 11.3 Å². The highest BCUT2D eigenvalue weighted by Gasteiger charge is 2.14. The predicted octanol–water partition coefficient (Wildman–Crippen LogP) is 3.24. The van der Waals surface area contributed by atoms with Gasteiger partial charge in [0.1, 0.15) is 11.6 Å². The molecule has 106 valence electrons. The maximum absolute atomic E-state index is 13.6. The first kappa shape index (κ1) is 14.9. The zero-order valence-corrected chi connectivity index (χ0v) is 11.5. The fourth-order valence-corrected chi connectivity index (χ4v) is 2.29. The molecule has 2 aromatic carbocycles. The topological polar surface area (TPSA) is 38.0 Å². The van der Waals surface area contributed by atoms with E-state index in [1.54, 1.807) is 30.3 Å². The van der Waals surface area contributed by atoms with E-state index in [1.807, 2.05) is 0 Å². The lowest BCUT2D eigenvalue weighted by molar-refractivity contribution is 0.505. The van der Waals surface area contributed by atoms with Crippen LogP contribution in [0.5, 0.6) is 0 Å². The molecule has 0 radical (unpaired) electrons. The largest absolute Gasteiger partial charge is 0.271 e. The van der Waals surface area contributed by atoms with Crippen LogP contribution in [0.2, 0.25) is 5.02 Å². The van der Waals surface area contributed by atoms with Crippen LogP contribution in [0.25, 0.3) is 0 Å². The average molecular weight is 297 g/mol. The van der Waals surface area contributed by atoms with Crippen LogP contribution in [0.1, 0.15) is 11.1 Å². The maximum atomic E-state index is 13.6. The van der Waals surface area contributed by atoms with Crippen molar-refractivity contribution in [3.63, 3.8) is 0 Å². The van der Waals surface area contributed by atoms with E-state index in [1.165, 1.54) is 12.1 Å². The van der Waals surface area contributed by atoms with Gasteiger partial charge < -0.3 is 0 Å². The van der Waals surface area contributed by atoms with Gasteiger partial charge in [0, 0.05) is 6.04 Å². The van der Waals surface area contributed by atoms with E-state index >= 15 is 0 Å². The highest BCUT2D eigenvalue weighted by molar-refractivity contribution is 6.31.